The van der Waals surface area contributed by atoms with Crippen LogP contribution in [-0.4, -0.2) is 36.9 Å². The van der Waals surface area contributed by atoms with Crippen molar-refractivity contribution in [1.82, 2.24) is 9.29 Å². The largest absolute Gasteiger partial charge is 0.473 e. The molecule has 1 aliphatic rings. The number of hydrogen-bond acceptors (Lipinski definition) is 4. The third-order valence-corrected chi connectivity index (χ3v) is 5.94. The van der Waals surface area contributed by atoms with E-state index >= 15 is 0 Å². The highest BCUT2D eigenvalue weighted by atomic mass is 32.2. The molecule has 27 heavy (non-hydrogen) atoms. The maximum Gasteiger partial charge on any atom is 0.416 e. The molecule has 2 heterocycles. The summed E-state index contributed by atoms with van der Waals surface area (Å²) in [4.78, 5) is 3.74. The van der Waals surface area contributed by atoms with Gasteiger partial charge in [0.15, 0.2) is 0 Å². The molecule has 0 bridgehead atoms. The molecule has 0 amide bonds. The number of sulfonamides is 1. The van der Waals surface area contributed by atoms with Crippen molar-refractivity contribution in [3.05, 3.63) is 59.5 Å². The maximum absolute atomic E-state index is 13.7. The number of halogens is 4. The van der Waals surface area contributed by atoms with Crippen LogP contribution in [0.15, 0.2) is 42.6 Å². The average molecular weight is 404 g/mol. The summed E-state index contributed by atoms with van der Waals surface area (Å²) in [5.41, 5.74) is -0.837. The lowest BCUT2D eigenvalue weighted by atomic mass is 10.2. The Morgan fingerprint density at radius 1 is 1.22 bits per heavy atom. The second-order valence-corrected chi connectivity index (χ2v) is 8.08. The molecule has 1 saturated heterocycles. The van der Waals surface area contributed by atoms with Gasteiger partial charge < -0.3 is 4.74 Å². The summed E-state index contributed by atoms with van der Waals surface area (Å²) >= 11 is 0. The van der Waals surface area contributed by atoms with E-state index in [1.165, 1.54) is 18.2 Å². The lowest BCUT2D eigenvalue weighted by Crippen LogP contribution is -2.32. The van der Waals surface area contributed by atoms with Crippen molar-refractivity contribution in [1.29, 1.82) is 0 Å². The van der Waals surface area contributed by atoms with Gasteiger partial charge in [0.05, 0.1) is 17.9 Å². The monoisotopic (exact) mass is 404 g/mol. The van der Waals surface area contributed by atoms with Gasteiger partial charge in [0, 0.05) is 24.4 Å². The minimum absolute atomic E-state index is 0.0330. The second-order valence-electron chi connectivity index (χ2n) is 6.11. The van der Waals surface area contributed by atoms with E-state index in [4.69, 9.17) is 4.74 Å². The Balaban J connectivity index is 1.66. The van der Waals surface area contributed by atoms with Gasteiger partial charge in [0.2, 0.25) is 15.9 Å². The minimum atomic E-state index is -4.52. The van der Waals surface area contributed by atoms with Crippen LogP contribution in [0.2, 0.25) is 0 Å². The summed E-state index contributed by atoms with van der Waals surface area (Å²) in [6.45, 7) is 0.106. The molecule has 0 saturated carbocycles. The maximum atomic E-state index is 13.7. The van der Waals surface area contributed by atoms with E-state index in [1.807, 2.05) is 0 Å². The van der Waals surface area contributed by atoms with Crippen molar-refractivity contribution in [3.63, 3.8) is 0 Å². The van der Waals surface area contributed by atoms with Gasteiger partial charge in [0.25, 0.3) is 0 Å². The number of rotatable bonds is 5. The first-order chi connectivity index (χ1) is 12.6. The molecule has 5 nitrogen and oxygen atoms in total. The van der Waals surface area contributed by atoms with E-state index in [1.54, 1.807) is 6.07 Å². The van der Waals surface area contributed by atoms with Crippen molar-refractivity contribution in [2.45, 2.75) is 24.5 Å². The van der Waals surface area contributed by atoms with E-state index in [-0.39, 0.29) is 24.5 Å². The molecule has 1 aliphatic heterocycles. The Labute approximate surface area is 153 Å². The Hall–Kier alpha value is -2.20. The Morgan fingerprint density at radius 2 is 1.96 bits per heavy atom. The van der Waals surface area contributed by atoms with Crippen LogP contribution in [0.5, 0.6) is 5.88 Å². The molecule has 3 rings (SSSR count). The third-order valence-electron chi connectivity index (χ3n) is 4.15. The molecule has 0 aliphatic carbocycles. The first kappa shape index (κ1) is 19.6. The predicted molar refractivity (Wildman–Crippen MR) is 88.9 cm³/mol. The van der Waals surface area contributed by atoms with Gasteiger partial charge in [-0.05, 0) is 18.6 Å². The zero-order valence-electron chi connectivity index (χ0n) is 14.0. The average Bonchev–Trinajstić information content (AvgIpc) is 3.06. The van der Waals surface area contributed by atoms with Crippen LogP contribution >= 0.6 is 0 Å². The molecular weight excluding hydrogens is 388 g/mol. The lowest BCUT2D eigenvalue weighted by Gasteiger charge is -2.17. The van der Waals surface area contributed by atoms with Crippen molar-refractivity contribution in [2.24, 2.45) is 0 Å². The predicted octanol–water partition coefficient (Wildman–Crippen LogP) is 3.22. The summed E-state index contributed by atoms with van der Waals surface area (Å²) in [5.74, 6) is -1.32. The van der Waals surface area contributed by atoms with Crippen LogP contribution in [0.4, 0.5) is 17.6 Å². The zero-order chi connectivity index (χ0) is 19.7. The molecule has 1 unspecified atom stereocenters. The summed E-state index contributed by atoms with van der Waals surface area (Å²) in [6, 6.07) is 7.18. The number of aromatic nitrogens is 1. The fraction of sp³-hybridized carbons (Fsp3) is 0.353. The lowest BCUT2D eigenvalue weighted by molar-refractivity contribution is -0.137. The first-order valence-electron chi connectivity index (χ1n) is 8.06. The van der Waals surface area contributed by atoms with E-state index in [0.29, 0.717) is 6.42 Å². The van der Waals surface area contributed by atoms with Crippen molar-refractivity contribution in [2.75, 3.05) is 13.1 Å². The second kappa shape index (κ2) is 7.43. The molecule has 1 aromatic carbocycles. The molecular formula is C17H16F4N2O3S. The van der Waals surface area contributed by atoms with Gasteiger partial charge >= 0.3 is 6.18 Å². The molecule has 146 valence electrons. The smallest absolute Gasteiger partial charge is 0.416 e. The fourth-order valence-corrected chi connectivity index (χ4v) is 4.36. The van der Waals surface area contributed by atoms with Gasteiger partial charge in [-0.3, -0.25) is 0 Å². The highest BCUT2D eigenvalue weighted by molar-refractivity contribution is 7.88. The first-order valence-corrected chi connectivity index (χ1v) is 9.67. The molecule has 1 fully saturated rings. The van der Waals surface area contributed by atoms with Crippen LogP contribution in [0.1, 0.15) is 17.5 Å². The van der Waals surface area contributed by atoms with Gasteiger partial charge in [-0.25, -0.2) is 17.8 Å². The van der Waals surface area contributed by atoms with Gasteiger partial charge in [0.1, 0.15) is 11.9 Å². The summed E-state index contributed by atoms with van der Waals surface area (Å²) in [6.07, 6.45) is -3.86. The molecule has 2 aromatic rings. The van der Waals surface area contributed by atoms with E-state index in [0.717, 1.165) is 22.6 Å². The van der Waals surface area contributed by atoms with Crippen LogP contribution in [0, 0.1) is 5.82 Å². The summed E-state index contributed by atoms with van der Waals surface area (Å²) in [5, 5.41) is 0. The number of pyridine rings is 1. The van der Waals surface area contributed by atoms with Crippen molar-refractivity contribution < 1.29 is 30.7 Å². The number of nitrogens with zero attached hydrogens (tertiary/aromatic N) is 2. The van der Waals surface area contributed by atoms with Crippen LogP contribution < -0.4 is 4.74 Å². The fourth-order valence-electron chi connectivity index (χ4n) is 2.77. The van der Waals surface area contributed by atoms with E-state index in [9.17, 15) is 26.0 Å². The standard InChI is InChI=1S/C17H16F4N2O3S/c18-15-4-2-1-3-12(15)11-27(24,25)23-8-6-14(10-23)26-16-9-13(5-7-22-16)17(19,20)21/h1-5,7,9,14H,6,8,10-11H2. The number of benzene rings is 1. The topological polar surface area (TPSA) is 59.5 Å². The molecule has 1 aromatic heterocycles. The minimum Gasteiger partial charge on any atom is -0.473 e. The molecule has 0 spiro atoms. The van der Waals surface area contributed by atoms with Crippen LogP contribution in [0.25, 0.3) is 0 Å². The van der Waals surface area contributed by atoms with Gasteiger partial charge in [-0.15, -0.1) is 0 Å². The summed E-state index contributed by atoms with van der Waals surface area (Å²) < 4.78 is 83.4. The van der Waals surface area contributed by atoms with Crippen molar-refractivity contribution in [3.8, 4) is 5.88 Å². The number of alkyl halides is 3. The SMILES string of the molecule is O=S(=O)(Cc1ccccc1F)N1CCC(Oc2cc(C(F)(F)F)ccn2)C1. The molecule has 0 radical (unpaired) electrons. The normalized spacial score (nSPS) is 18.6. The van der Waals surface area contributed by atoms with Gasteiger partial charge in [-0.2, -0.15) is 17.5 Å². The van der Waals surface area contributed by atoms with Gasteiger partial charge in [-0.1, -0.05) is 18.2 Å². The van der Waals surface area contributed by atoms with Crippen LogP contribution in [0.3, 0.4) is 0 Å². The van der Waals surface area contributed by atoms with Crippen LogP contribution in [-0.2, 0) is 22.0 Å². The van der Waals surface area contributed by atoms with Crippen molar-refractivity contribution >= 4 is 10.0 Å². The summed E-state index contributed by atoms with van der Waals surface area (Å²) in [7, 11) is -3.78. The van der Waals surface area contributed by atoms with E-state index < -0.39 is 39.4 Å². The molecule has 1 atom stereocenters. The Kier molecular flexibility index (Phi) is 5.38. The quantitative estimate of drug-likeness (QED) is 0.718. The molecule has 10 heteroatoms. The Morgan fingerprint density at radius 3 is 2.67 bits per heavy atom. The highest BCUT2D eigenvalue weighted by Gasteiger charge is 2.34. The highest BCUT2D eigenvalue weighted by Crippen LogP contribution is 2.31. The number of ether oxygens (including phenoxy) is 1. The molecule has 0 N–H and O–H groups in total. The zero-order valence-corrected chi connectivity index (χ0v) is 14.8. The number of hydrogen-bond donors (Lipinski definition) is 0. The van der Waals surface area contributed by atoms with E-state index in [2.05, 4.69) is 4.98 Å². The third kappa shape index (κ3) is 4.75. The Bertz CT molecular complexity index is 918.